The molecule has 0 fully saturated rings. The van der Waals surface area contributed by atoms with Crippen LogP contribution in [0.15, 0.2) is 41.8 Å². The number of hydrogen-bond donors (Lipinski definition) is 2. The first-order valence-corrected chi connectivity index (χ1v) is 8.13. The number of carbonyl (C=O) groups excluding carboxylic acids is 1. The van der Waals surface area contributed by atoms with Gasteiger partial charge in [0, 0.05) is 30.7 Å². The summed E-state index contributed by atoms with van der Waals surface area (Å²) >= 11 is 0. The molecular formula is C18H21N5O. The van der Waals surface area contributed by atoms with Crippen molar-refractivity contribution in [3.05, 3.63) is 59.2 Å². The first-order chi connectivity index (χ1) is 11.7. The van der Waals surface area contributed by atoms with Crippen LogP contribution < -0.4 is 10.6 Å². The Kier molecular flexibility index (Phi) is 4.84. The zero-order valence-corrected chi connectivity index (χ0v) is 13.9. The van der Waals surface area contributed by atoms with Gasteiger partial charge in [-0.3, -0.25) is 19.8 Å². The first kappa shape index (κ1) is 16.1. The van der Waals surface area contributed by atoms with Gasteiger partial charge in [-0.05, 0) is 37.1 Å². The lowest BCUT2D eigenvalue weighted by Crippen LogP contribution is -2.28. The molecule has 1 amide bonds. The summed E-state index contributed by atoms with van der Waals surface area (Å²) in [5.74, 6) is 0.839. The lowest BCUT2D eigenvalue weighted by molar-refractivity contribution is -0.121. The molecule has 0 aliphatic carbocycles. The van der Waals surface area contributed by atoms with Crippen molar-refractivity contribution >= 4 is 11.7 Å². The third kappa shape index (κ3) is 3.59. The number of amidine groups is 1. The number of nitrogens with one attached hydrogen (secondary N) is 2. The maximum absolute atomic E-state index is 12.3. The number of aromatic nitrogens is 2. The number of amides is 1. The van der Waals surface area contributed by atoms with E-state index in [9.17, 15) is 4.79 Å². The van der Waals surface area contributed by atoms with E-state index in [2.05, 4.69) is 25.6 Å². The van der Waals surface area contributed by atoms with Gasteiger partial charge < -0.3 is 10.6 Å². The van der Waals surface area contributed by atoms with Crippen molar-refractivity contribution in [2.75, 3.05) is 6.54 Å². The standard InChI is InChI=1S/C18H21N5O/c1-3-20-18-16-11-21-15(7-14(16)10-22-18)8-17(24)23-12(2)13-5-4-6-19-9-13/h4-7,9,11-12H,3,8,10H2,1-2H3,(H,20,22)(H,23,24). The molecule has 0 saturated heterocycles. The van der Waals surface area contributed by atoms with Gasteiger partial charge in [0.05, 0.1) is 24.7 Å². The number of hydrogen-bond acceptors (Lipinski definition) is 5. The Morgan fingerprint density at radius 1 is 1.38 bits per heavy atom. The van der Waals surface area contributed by atoms with E-state index >= 15 is 0 Å². The van der Waals surface area contributed by atoms with Crippen LogP contribution in [0.1, 0.15) is 42.3 Å². The van der Waals surface area contributed by atoms with Gasteiger partial charge in [0.25, 0.3) is 0 Å². The van der Waals surface area contributed by atoms with Gasteiger partial charge in [0.2, 0.25) is 5.91 Å². The molecule has 0 aromatic carbocycles. The van der Waals surface area contributed by atoms with E-state index in [1.165, 1.54) is 0 Å². The highest BCUT2D eigenvalue weighted by Gasteiger charge is 2.17. The fourth-order valence-corrected chi connectivity index (χ4v) is 2.73. The number of rotatable bonds is 5. The van der Waals surface area contributed by atoms with Crippen molar-refractivity contribution in [2.45, 2.75) is 32.9 Å². The Morgan fingerprint density at radius 2 is 2.25 bits per heavy atom. The summed E-state index contributed by atoms with van der Waals surface area (Å²) in [6.07, 6.45) is 5.54. The Bertz CT molecular complexity index is 757. The Labute approximate surface area is 141 Å². The summed E-state index contributed by atoms with van der Waals surface area (Å²) < 4.78 is 0. The minimum absolute atomic E-state index is 0.0513. The third-order valence-corrected chi connectivity index (χ3v) is 3.96. The average molecular weight is 323 g/mol. The summed E-state index contributed by atoms with van der Waals surface area (Å²) in [4.78, 5) is 25.2. The zero-order valence-electron chi connectivity index (χ0n) is 13.9. The van der Waals surface area contributed by atoms with Gasteiger partial charge in [-0.2, -0.15) is 0 Å². The largest absolute Gasteiger partial charge is 0.370 e. The predicted molar refractivity (Wildman–Crippen MR) is 92.7 cm³/mol. The van der Waals surface area contributed by atoms with Crippen LogP contribution in [0.5, 0.6) is 0 Å². The number of carbonyl (C=O) groups is 1. The number of pyridine rings is 2. The number of fused-ring (bicyclic) bond motifs is 1. The minimum Gasteiger partial charge on any atom is -0.370 e. The van der Waals surface area contributed by atoms with E-state index < -0.39 is 0 Å². The van der Waals surface area contributed by atoms with Crippen LogP contribution >= 0.6 is 0 Å². The highest BCUT2D eigenvalue weighted by molar-refractivity contribution is 6.01. The topological polar surface area (TPSA) is 79.3 Å². The van der Waals surface area contributed by atoms with E-state index in [1.54, 1.807) is 18.6 Å². The molecule has 0 spiro atoms. The molecule has 6 heteroatoms. The number of nitrogens with zero attached hydrogens (tertiary/aromatic N) is 3. The van der Waals surface area contributed by atoms with Gasteiger partial charge in [0.15, 0.2) is 0 Å². The van der Waals surface area contributed by atoms with Crippen LogP contribution in [-0.2, 0) is 17.8 Å². The van der Waals surface area contributed by atoms with Crippen molar-refractivity contribution in [3.8, 4) is 0 Å². The van der Waals surface area contributed by atoms with E-state index in [1.807, 2.05) is 32.0 Å². The van der Waals surface area contributed by atoms with E-state index in [-0.39, 0.29) is 18.4 Å². The van der Waals surface area contributed by atoms with Gasteiger partial charge >= 0.3 is 0 Å². The molecule has 3 rings (SSSR count). The van der Waals surface area contributed by atoms with Gasteiger partial charge in [-0.25, -0.2) is 0 Å². The van der Waals surface area contributed by atoms with E-state index in [0.29, 0.717) is 6.54 Å². The van der Waals surface area contributed by atoms with Crippen molar-refractivity contribution < 1.29 is 4.79 Å². The Morgan fingerprint density at radius 3 is 3.00 bits per heavy atom. The molecule has 124 valence electrons. The van der Waals surface area contributed by atoms with Crippen molar-refractivity contribution in [2.24, 2.45) is 4.99 Å². The molecule has 2 aromatic heterocycles. The monoisotopic (exact) mass is 323 g/mol. The van der Waals surface area contributed by atoms with Gasteiger partial charge in [-0.1, -0.05) is 6.07 Å². The molecule has 6 nitrogen and oxygen atoms in total. The summed E-state index contributed by atoms with van der Waals surface area (Å²) in [6.45, 7) is 5.45. The molecule has 0 radical (unpaired) electrons. The fourth-order valence-electron chi connectivity index (χ4n) is 2.73. The second-order valence-electron chi connectivity index (χ2n) is 5.78. The van der Waals surface area contributed by atoms with Crippen LogP contribution in [0.4, 0.5) is 0 Å². The SMILES string of the molecule is CCNC1=NCc2cc(CC(=O)NC(C)c3cccnc3)ncc21. The van der Waals surface area contributed by atoms with Crippen molar-refractivity contribution in [1.29, 1.82) is 0 Å². The van der Waals surface area contributed by atoms with Crippen LogP contribution in [0, 0.1) is 0 Å². The van der Waals surface area contributed by atoms with E-state index in [4.69, 9.17) is 0 Å². The second-order valence-corrected chi connectivity index (χ2v) is 5.78. The van der Waals surface area contributed by atoms with Crippen molar-refractivity contribution in [1.82, 2.24) is 20.6 Å². The smallest absolute Gasteiger partial charge is 0.226 e. The van der Waals surface area contributed by atoms with Crippen molar-refractivity contribution in [3.63, 3.8) is 0 Å². The molecule has 1 aliphatic heterocycles. The highest BCUT2D eigenvalue weighted by Crippen LogP contribution is 2.18. The van der Waals surface area contributed by atoms with Gasteiger partial charge in [0.1, 0.15) is 5.84 Å². The third-order valence-electron chi connectivity index (χ3n) is 3.96. The zero-order chi connectivity index (χ0) is 16.9. The lowest BCUT2D eigenvalue weighted by Gasteiger charge is -2.14. The quantitative estimate of drug-likeness (QED) is 0.879. The molecule has 1 unspecified atom stereocenters. The molecular weight excluding hydrogens is 302 g/mol. The predicted octanol–water partition coefficient (Wildman–Crippen LogP) is 1.77. The summed E-state index contributed by atoms with van der Waals surface area (Å²) in [5.41, 5.74) is 3.89. The van der Waals surface area contributed by atoms with Gasteiger partial charge in [-0.15, -0.1) is 0 Å². The van der Waals surface area contributed by atoms with Crippen LogP contribution in [0.3, 0.4) is 0 Å². The molecule has 2 aromatic rings. The minimum atomic E-state index is -0.0793. The Balaban J connectivity index is 1.62. The molecule has 24 heavy (non-hydrogen) atoms. The van der Waals surface area contributed by atoms with Crippen LogP contribution in [0.2, 0.25) is 0 Å². The maximum atomic E-state index is 12.3. The maximum Gasteiger partial charge on any atom is 0.226 e. The average Bonchev–Trinajstić information content (AvgIpc) is 2.98. The molecule has 3 heterocycles. The number of aliphatic imine (C=N–C) groups is 1. The van der Waals surface area contributed by atoms with E-state index in [0.717, 1.165) is 34.8 Å². The summed E-state index contributed by atoms with van der Waals surface area (Å²) in [5, 5.41) is 6.21. The summed E-state index contributed by atoms with van der Waals surface area (Å²) in [6, 6.07) is 5.70. The fraction of sp³-hybridized carbons (Fsp3) is 0.333. The van der Waals surface area contributed by atoms with Crippen LogP contribution in [0.25, 0.3) is 0 Å². The normalized spacial score (nSPS) is 13.8. The highest BCUT2D eigenvalue weighted by atomic mass is 16.1. The first-order valence-electron chi connectivity index (χ1n) is 8.13. The second kappa shape index (κ2) is 7.21. The lowest BCUT2D eigenvalue weighted by atomic mass is 10.1. The molecule has 0 bridgehead atoms. The Hall–Kier alpha value is -2.76. The summed E-state index contributed by atoms with van der Waals surface area (Å²) in [7, 11) is 0. The molecule has 1 atom stereocenters. The molecule has 2 N–H and O–H groups in total. The van der Waals surface area contributed by atoms with Crippen LogP contribution in [-0.4, -0.2) is 28.3 Å². The molecule has 1 aliphatic rings. The molecule has 0 saturated carbocycles.